The van der Waals surface area contributed by atoms with Crippen LogP contribution in [0, 0.1) is 0 Å². The minimum atomic E-state index is 0.715. The normalized spacial score (nSPS) is 10.7. The van der Waals surface area contributed by atoms with Crippen molar-refractivity contribution in [3.63, 3.8) is 0 Å². The number of benzene rings is 5. The van der Waals surface area contributed by atoms with E-state index in [4.69, 9.17) is 11.6 Å². The Morgan fingerprint density at radius 1 is 0.375 bits per heavy atom. The highest BCUT2D eigenvalue weighted by molar-refractivity contribution is 6.30. The molecule has 1 nitrogen and oxygen atoms in total. The van der Waals surface area contributed by atoms with Crippen LogP contribution in [0.4, 0.5) is 17.1 Å². The maximum absolute atomic E-state index is 6.37. The Morgan fingerprint density at radius 2 is 0.875 bits per heavy atom. The van der Waals surface area contributed by atoms with Crippen molar-refractivity contribution in [2.75, 3.05) is 4.90 Å². The number of hydrogen-bond donors (Lipinski definition) is 0. The first-order chi connectivity index (χ1) is 15.8. The number of rotatable bonds is 5. The minimum Gasteiger partial charge on any atom is -0.310 e. The predicted molar refractivity (Wildman–Crippen MR) is 137 cm³/mol. The summed E-state index contributed by atoms with van der Waals surface area (Å²) in [6.07, 6.45) is 0. The van der Waals surface area contributed by atoms with Gasteiger partial charge in [0.25, 0.3) is 0 Å². The summed E-state index contributed by atoms with van der Waals surface area (Å²) in [5, 5.41) is 0.715. The first-order valence-corrected chi connectivity index (χ1v) is 11.0. The zero-order valence-electron chi connectivity index (χ0n) is 17.5. The summed E-state index contributed by atoms with van der Waals surface area (Å²) in [7, 11) is 0. The van der Waals surface area contributed by atoms with Crippen LogP contribution in [0.3, 0.4) is 0 Å². The van der Waals surface area contributed by atoms with Crippen LogP contribution in [-0.2, 0) is 0 Å². The molecule has 0 aliphatic rings. The number of halogens is 1. The summed E-state index contributed by atoms with van der Waals surface area (Å²) in [5.74, 6) is 0. The topological polar surface area (TPSA) is 3.24 Å². The molecule has 0 amide bonds. The lowest BCUT2D eigenvalue weighted by atomic mass is 10.0. The summed E-state index contributed by atoms with van der Waals surface area (Å²) < 4.78 is 0. The van der Waals surface area contributed by atoms with Crippen molar-refractivity contribution >= 4 is 28.7 Å². The third kappa shape index (κ3) is 4.30. The largest absolute Gasteiger partial charge is 0.310 e. The van der Waals surface area contributed by atoms with Gasteiger partial charge in [-0.3, -0.25) is 0 Å². The highest BCUT2D eigenvalue weighted by Gasteiger charge is 2.14. The van der Waals surface area contributed by atoms with E-state index < -0.39 is 0 Å². The molecular weight excluding hydrogens is 410 g/mol. The SMILES string of the molecule is Clc1cccc(N(c2ccc(-c3ccccc3)cc2)c2cccc(-c3ccccc3)c2)c1. The van der Waals surface area contributed by atoms with Crippen LogP contribution >= 0.6 is 11.6 Å². The average Bonchev–Trinajstić information content (AvgIpc) is 2.86. The van der Waals surface area contributed by atoms with Gasteiger partial charge in [0, 0.05) is 22.1 Å². The summed E-state index contributed by atoms with van der Waals surface area (Å²) in [6.45, 7) is 0. The molecule has 32 heavy (non-hydrogen) atoms. The minimum absolute atomic E-state index is 0.715. The molecule has 0 saturated carbocycles. The molecule has 5 rings (SSSR count). The molecule has 0 N–H and O–H groups in total. The predicted octanol–water partition coefficient (Wildman–Crippen LogP) is 9.14. The third-order valence-corrected chi connectivity index (χ3v) is 5.75. The fourth-order valence-electron chi connectivity index (χ4n) is 3.95. The van der Waals surface area contributed by atoms with Crippen molar-refractivity contribution in [3.8, 4) is 22.3 Å². The summed E-state index contributed by atoms with van der Waals surface area (Å²) in [5.41, 5.74) is 7.96. The van der Waals surface area contributed by atoms with Gasteiger partial charge in [-0.15, -0.1) is 0 Å². The Morgan fingerprint density at radius 3 is 1.50 bits per heavy atom. The van der Waals surface area contributed by atoms with Gasteiger partial charge in [0.05, 0.1) is 0 Å². The molecule has 0 spiro atoms. The molecule has 0 aliphatic carbocycles. The van der Waals surface area contributed by atoms with Gasteiger partial charge in [0.2, 0.25) is 0 Å². The smallest absolute Gasteiger partial charge is 0.0476 e. The van der Waals surface area contributed by atoms with Gasteiger partial charge in [-0.1, -0.05) is 103 Å². The molecule has 0 unspecified atom stereocenters. The zero-order chi connectivity index (χ0) is 21.8. The number of anilines is 3. The Kier molecular flexibility index (Phi) is 5.74. The van der Waals surface area contributed by atoms with Crippen LogP contribution in [0.5, 0.6) is 0 Å². The van der Waals surface area contributed by atoms with E-state index in [-0.39, 0.29) is 0 Å². The second kappa shape index (κ2) is 9.13. The molecule has 0 heterocycles. The lowest BCUT2D eigenvalue weighted by Crippen LogP contribution is -2.10. The standard InChI is InChI=1S/C30H22ClN/c31-27-14-8-16-30(22-27)32(28-19-17-25(18-20-28)23-9-3-1-4-10-23)29-15-7-13-26(21-29)24-11-5-2-6-12-24/h1-22H. The van der Waals surface area contributed by atoms with Crippen LogP contribution in [0.25, 0.3) is 22.3 Å². The van der Waals surface area contributed by atoms with Gasteiger partial charge in [-0.05, 0) is 64.7 Å². The Labute approximate surface area is 194 Å². The van der Waals surface area contributed by atoms with Crippen molar-refractivity contribution in [1.29, 1.82) is 0 Å². The van der Waals surface area contributed by atoms with E-state index >= 15 is 0 Å². The molecule has 0 aromatic heterocycles. The van der Waals surface area contributed by atoms with Crippen LogP contribution in [0.1, 0.15) is 0 Å². The molecule has 0 saturated heterocycles. The summed E-state index contributed by atoms with van der Waals surface area (Å²) in [4.78, 5) is 2.24. The maximum atomic E-state index is 6.37. The third-order valence-electron chi connectivity index (χ3n) is 5.51. The first-order valence-electron chi connectivity index (χ1n) is 10.6. The highest BCUT2D eigenvalue weighted by Crippen LogP contribution is 2.38. The second-order valence-electron chi connectivity index (χ2n) is 7.64. The van der Waals surface area contributed by atoms with E-state index in [9.17, 15) is 0 Å². The molecule has 0 bridgehead atoms. The van der Waals surface area contributed by atoms with Gasteiger partial charge >= 0.3 is 0 Å². The van der Waals surface area contributed by atoms with Crippen LogP contribution in [0.2, 0.25) is 5.02 Å². The number of nitrogens with zero attached hydrogens (tertiary/aromatic N) is 1. The zero-order valence-corrected chi connectivity index (χ0v) is 18.3. The van der Waals surface area contributed by atoms with Gasteiger partial charge in [-0.25, -0.2) is 0 Å². The molecule has 2 heteroatoms. The molecule has 0 fully saturated rings. The van der Waals surface area contributed by atoms with E-state index in [0.717, 1.165) is 17.1 Å². The quantitative estimate of drug-likeness (QED) is 0.268. The van der Waals surface area contributed by atoms with Crippen molar-refractivity contribution in [1.82, 2.24) is 0 Å². The van der Waals surface area contributed by atoms with Gasteiger partial charge in [0.15, 0.2) is 0 Å². The van der Waals surface area contributed by atoms with Gasteiger partial charge in [0.1, 0.15) is 0 Å². The molecule has 0 aliphatic heterocycles. The molecular formula is C30H22ClN. The van der Waals surface area contributed by atoms with E-state index in [0.29, 0.717) is 5.02 Å². The average molecular weight is 432 g/mol. The lowest BCUT2D eigenvalue weighted by molar-refractivity contribution is 1.28. The second-order valence-corrected chi connectivity index (χ2v) is 8.08. The van der Waals surface area contributed by atoms with E-state index in [1.807, 2.05) is 30.3 Å². The highest BCUT2D eigenvalue weighted by atomic mass is 35.5. The van der Waals surface area contributed by atoms with Crippen LogP contribution in [-0.4, -0.2) is 0 Å². The van der Waals surface area contributed by atoms with Crippen molar-refractivity contribution in [3.05, 3.63) is 138 Å². The molecule has 5 aromatic carbocycles. The number of hydrogen-bond acceptors (Lipinski definition) is 1. The van der Waals surface area contributed by atoms with E-state index in [1.165, 1.54) is 22.3 Å². The van der Waals surface area contributed by atoms with E-state index in [1.54, 1.807) is 0 Å². The monoisotopic (exact) mass is 431 g/mol. The van der Waals surface area contributed by atoms with E-state index in [2.05, 4.69) is 108 Å². The maximum Gasteiger partial charge on any atom is 0.0476 e. The van der Waals surface area contributed by atoms with Gasteiger partial charge in [-0.2, -0.15) is 0 Å². The Hall–Kier alpha value is -3.81. The van der Waals surface area contributed by atoms with Crippen LogP contribution in [0.15, 0.2) is 133 Å². The summed E-state index contributed by atoms with van der Waals surface area (Å²) in [6, 6.07) is 46.2. The molecule has 0 radical (unpaired) electrons. The van der Waals surface area contributed by atoms with Gasteiger partial charge < -0.3 is 4.90 Å². The Balaban J connectivity index is 1.60. The van der Waals surface area contributed by atoms with Crippen molar-refractivity contribution in [2.24, 2.45) is 0 Å². The fraction of sp³-hybridized carbons (Fsp3) is 0. The summed E-state index contributed by atoms with van der Waals surface area (Å²) >= 11 is 6.37. The van der Waals surface area contributed by atoms with Crippen LogP contribution < -0.4 is 4.90 Å². The fourth-order valence-corrected chi connectivity index (χ4v) is 4.14. The first kappa shape index (κ1) is 20.1. The molecule has 0 atom stereocenters. The lowest BCUT2D eigenvalue weighted by Gasteiger charge is -2.26. The van der Waals surface area contributed by atoms with Crippen molar-refractivity contribution < 1.29 is 0 Å². The Bertz CT molecular complexity index is 1310. The molecule has 5 aromatic rings. The molecule has 154 valence electrons. The van der Waals surface area contributed by atoms with Crippen molar-refractivity contribution in [2.45, 2.75) is 0 Å².